The Bertz CT molecular complexity index is 371. The van der Waals surface area contributed by atoms with Crippen molar-refractivity contribution in [3.05, 3.63) is 35.4 Å². The van der Waals surface area contributed by atoms with Gasteiger partial charge in [0.2, 0.25) is 0 Å². The number of halogens is 2. The SMILES string of the molecule is CS(=O)CCCNCc1ccc(F)c(F)c1. The van der Waals surface area contributed by atoms with E-state index in [0.717, 1.165) is 19.0 Å². The minimum atomic E-state index is -0.829. The third-order valence-corrected chi connectivity index (χ3v) is 2.96. The van der Waals surface area contributed by atoms with Crippen molar-refractivity contribution in [1.29, 1.82) is 0 Å². The van der Waals surface area contributed by atoms with Gasteiger partial charge in [-0.05, 0) is 30.7 Å². The normalized spacial score (nSPS) is 12.7. The number of hydrogen-bond donors (Lipinski definition) is 1. The van der Waals surface area contributed by atoms with E-state index in [1.54, 1.807) is 12.3 Å². The van der Waals surface area contributed by atoms with Gasteiger partial charge in [0.05, 0.1) is 0 Å². The summed E-state index contributed by atoms with van der Waals surface area (Å²) < 4.78 is 36.2. The first-order valence-corrected chi connectivity index (χ1v) is 6.77. The fourth-order valence-electron chi connectivity index (χ4n) is 1.28. The van der Waals surface area contributed by atoms with Crippen molar-refractivity contribution >= 4 is 10.8 Å². The molecule has 0 heterocycles. The highest BCUT2D eigenvalue weighted by atomic mass is 32.2. The smallest absolute Gasteiger partial charge is 0.159 e. The number of hydrogen-bond acceptors (Lipinski definition) is 2. The third kappa shape index (κ3) is 4.81. The molecule has 0 saturated carbocycles. The summed E-state index contributed by atoms with van der Waals surface area (Å²) >= 11 is 0. The summed E-state index contributed by atoms with van der Waals surface area (Å²) in [7, 11) is -0.770. The van der Waals surface area contributed by atoms with E-state index in [4.69, 9.17) is 0 Å². The molecular formula is C11H15F2NOS. The van der Waals surface area contributed by atoms with Crippen LogP contribution >= 0.6 is 0 Å². The topological polar surface area (TPSA) is 29.1 Å². The Morgan fingerprint density at radius 2 is 2.06 bits per heavy atom. The molecule has 5 heteroatoms. The third-order valence-electron chi connectivity index (χ3n) is 2.10. The van der Waals surface area contributed by atoms with Crippen molar-refractivity contribution < 1.29 is 13.0 Å². The van der Waals surface area contributed by atoms with Crippen LogP contribution in [0.4, 0.5) is 8.78 Å². The van der Waals surface area contributed by atoms with E-state index >= 15 is 0 Å². The molecule has 0 aliphatic carbocycles. The maximum atomic E-state index is 12.8. The molecule has 1 atom stereocenters. The van der Waals surface area contributed by atoms with Gasteiger partial charge >= 0.3 is 0 Å². The summed E-state index contributed by atoms with van der Waals surface area (Å²) in [5.74, 6) is -0.996. The van der Waals surface area contributed by atoms with Crippen LogP contribution in [-0.2, 0) is 17.3 Å². The lowest BCUT2D eigenvalue weighted by Crippen LogP contribution is -2.16. The Labute approximate surface area is 96.5 Å². The van der Waals surface area contributed by atoms with E-state index in [0.29, 0.717) is 17.9 Å². The second-order valence-electron chi connectivity index (χ2n) is 3.56. The lowest BCUT2D eigenvalue weighted by atomic mass is 10.2. The Morgan fingerprint density at radius 1 is 1.31 bits per heavy atom. The van der Waals surface area contributed by atoms with Crippen LogP contribution in [0.25, 0.3) is 0 Å². The molecule has 0 fully saturated rings. The van der Waals surface area contributed by atoms with Gasteiger partial charge < -0.3 is 5.32 Å². The zero-order chi connectivity index (χ0) is 12.0. The van der Waals surface area contributed by atoms with Crippen molar-refractivity contribution in [2.45, 2.75) is 13.0 Å². The highest BCUT2D eigenvalue weighted by molar-refractivity contribution is 7.84. The van der Waals surface area contributed by atoms with Crippen LogP contribution in [0.15, 0.2) is 18.2 Å². The fraction of sp³-hybridized carbons (Fsp3) is 0.455. The summed E-state index contributed by atoms with van der Waals surface area (Å²) in [4.78, 5) is 0. The average molecular weight is 247 g/mol. The summed E-state index contributed by atoms with van der Waals surface area (Å²) in [6, 6.07) is 3.84. The molecule has 0 amide bonds. The molecule has 1 unspecified atom stereocenters. The molecule has 1 aromatic rings. The lowest BCUT2D eigenvalue weighted by Gasteiger charge is -2.04. The average Bonchev–Trinajstić information content (AvgIpc) is 2.22. The standard InChI is InChI=1S/C11H15F2NOS/c1-16(15)6-2-5-14-8-9-3-4-10(12)11(13)7-9/h3-4,7,14H,2,5-6,8H2,1H3. The van der Waals surface area contributed by atoms with Gasteiger partial charge in [0, 0.05) is 29.4 Å². The van der Waals surface area contributed by atoms with Crippen molar-refractivity contribution in [3.8, 4) is 0 Å². The maximum absolute atomic E-state index is 12.8. The Morgan fingerprint density at radius 3 is 2.69 bits per heavy atom. The fourth-order valence-corrected chi connectivity index (χ4v) is 1.83. The molecule has 16 heavy (non-hydrogen) atoms. The van der Waals surface area contributed by atoms with Gasteiger partial charge in [0.1, 0.15) is 0 Å². The van der Waals surface area contributed by atoms with Crippen molar-refractivity contribution in [3.63, 3.8) is 0 Å². The molecule has 2 nitrogen and oxygen atoms in total. The highest BCUT2D eigenvalue weighted by Crippen LogP contribution is 2.08. The second kappa shape index (κ2) is 6.70. The molecule has 0 saturated heterocycles. The molecular weight excluding hydrogens is 232 g/mol. The minimum Gasteiger partial charge on any atom is -0.313 e. The molecule has 0 aromatic heterocycles. The first-order chi connectivity index (χ1) is 7.59. The Balaban J connectivity index is 2.27. The van der Waals surface area contributed by atoms with Gasteiger partial charge in [-0.25, -0.2) is 8.78 Å². The molecule has 90 valence electrons. The van der Waals surface area contributed by atoms with Crippen LogP contribution in [-0.4, -0.2) is 22.8 Å². The monoisotopic (exact) mass is 247 g/mol. The van der Waals surface area contributed by atoms with Gasteiger partial charge in [-0.1, -0.05) is 6.07 Å². The minimum absolute atomic E-state index is 0.494. The van der Waals surface area contributed by atoms with Crippen LogP contribution < -0.4 is 5.32 Å². The van der Waals surface area contributed by atoms with Gasteiger partial charge in [-0.15, -0.1) is 0 Å². The summed E-state index contributed by atoms with van der Waals surface area (Å²) in [6.07, 6.45) is 2.47. The molecule has 0 radical (unpaired) electrons. The predicted molar refractivity (Wildman–Crippen MR) is 61.6 cm³/mol. The first kappa shape index (κ1) is 13.3. The van der Waals surface area contributed by atoms with E-state index in [9.17, 15) is 13.0 Å². The predicted octanol–water partition coefficient (Wildman–Crippen LogP) is 1.82. The first-order valence-electron chi connectivity index (χ1n) is 5.04. The van der Waals surface area contributed by atoms with Crippen LogP contribution in [0.5, 0.6) is 0 Å². The van der Waals surface area contributed by atoms with Crippen LogP contribution in [0.3, 0.4) is 0 Å². The van der Waals surface area contributed by atoms with E-state index in [2.05, 4.69) is 5.32 Å². The summed E-state index contributed by atoms with van der Waals surface area (Å²) in [5.41, 5.74) is 0.705. The largest absolute Gasteiger partial charge is 0.313 e. The molecule has 0 aliphatic heterocycles. The van der Waals surface area contributed by atoms with Gasteiger partial charge in [0.15, 0.2) is 11.6 Å². The Kier molecular flexibility index (Phi) is 5.55. The summed E-state index contributed by atoms with van der Waals surface area (Å²) in [6.45, 7) is 1.21. The van der Waals surface area contributed by atoms with Crippen molar-refractivity contribution in [2.75, 3.05) is 18.6 Å². The molecule has 0 bridgehead atoms. The maximum Gasteiger partial charge on any atom is 0.159 e. The van der Waals surface area contributed by atoms with Crippen LogP contribution in [0.1, 0.15) is 12.0 Å². The zero-order valence-electron chi connectivity index (χ0n) is 9.13. The van der Waals surface area contributed by atoms with Crippen molar-refractivity contribution in [2.24, 2.45) is 0 Å². The van der Waals surface area contributed by atoms with E-state index < -0.39 is 22.4 Å². The number of rotatable bonds is 6. The number of benzene rings is 1. The summed E-state index contributed by atoms with van der Waals surface area (Å²) in [5, 5.41) is 3.08. The van der Waals surface area contributed by atoms with Gasteiger partial charge in [-0.2, -0.15) is 0 Å². The van der Waals surface area contributed by atoms with Gasteiger partial charge in [-0.3, -0.25) is 4.21 Å². The number of nitrogens with one attached hydrogen (secondary N) is 1. The highest BCUT2D eigenvalue weighted by Gasteiger charge is 2.01. The second-order valence-corrected chi connectivity index (χ2v) is 5.11. The molecule has 1 N–H and O–H groups in total. The quantitative estimate of drug-likeness (QED) is 0.777. The Hall–Kier alpha value is -0.810. The lowest BCUT2D eigenvalue weighted by molar-refractivity contribution is 0.506. The molecule has 1 rings (SSSR count). The zero-order valence-corrected chi connectivity index (χ0v) is 9.95. The van der Waals surface area contributed by atoms with Crippen molar-refractivity contribution in [1.82, 2.24) is 5.32 Å². The van der Waals surface area contributed by atoms with Crippen LogP contribution in [0, 0.1) is 11.6 Å². The van der Waals surface area contributed by atoms with Crippen LogP contribution in [0.2, 0.25) is 0 Å². The van der Waals surface area contributed by atoms with E-state index in [-0.39, 0.29) is 0 Å². The molecule has 1 aromatic carbocycles. The molecule has 0 spiro atoms. The van der Waals surface area contributed by atoms with E-state index in [1.165, 1.54) is 6.07 Å². The van der Waals surface area contributed by atoms with E-state index in [1.807, 2.05) is 0 Å². The molecule has 0 aliphatic rings. The van der Waals surface area contributed by atoms with Gasteiger partial charge in [0.25, 0.3) is 0 Å².